The normalized spacial score (nSPS) is 3.97. The second-order valence-electron chi connectivity index (χ2n) is 15.2. The van der Waals surface area contributed by atoms with Gasteiger partial charge in [0.15, 0.2) is 0 Å². The molecule has 0 saturated heterocycles. The third-order valence-corrected chi connectivity index (χ3v) is 7.53. The van der Waals surface area contributed by atoms with Crippen LogP contribution in [-0.4, -0.2) is 0 Å². The Labute approximate surface area is 724 Å². The average Bonchev–Trinajstić information content (AvgIpc) is 1.42. The standard InChI is InChI=1S/C123H2/c1-3-5-7-9-11-13-15-17-19-21-23-25-27-29-31-33-35-37-39-41-43-45-47-49-51-53-55-57-59-61-63-65-67-69-71-73-75-77-79-81-83-85-87-89-91-93-95-97-99-101-103-105-107-109-111-113-115-117-119-121-123-122-120-118-116-114-112-110-108-106-104-102-100-98-96-94-92-90-88-86-84-82-80-78-76-74-72-70-68-66-64-62-60-58-56-54-52-50-48-46-44-42-40-38-36-34-32-30-28-26-24-22-20-18-16-14-12-10-8-6-4-2/h1H2. The van der Waals surface area contributed by atoms with E-state index in [2.05, 4.69) is 717 Å². The minimum Gasteiger partial charge on any atom is -0.0881 e. The molecule has 0 atom stereocenters. The molecule has 2 radical (unpaired) electrons. The molecule has 0 amide bonds. The molecule has 0 aliphatic rings. The first kappa shape index (κ1) is 96.2. The third-order valence-electron chi connectivity index (χ3n) is 7.53. The lowest BCUT2D eigenvalue weighted by Gasteiger charge is -1.58. The zero-order chi connectivity index (χ0) is 87.6. The van der Waals surface area contributed by atoms with Gasteiger partial charge in [0.1, 0.15) is 0 Å². The maximum atomic E-state index is 6.59. The van der Waals surface area contributed by atoms with Crippen LogP contribution in [0.4, 0.5) is 0 Å². The van der Waals surface area contributed by atoms with E-state index in [4.69, 9.17) is 6.42 Å². The van der Waals surface area contributed by atoms with E-state index in [0.29, 0.717) is 0 Å². The second kappa shape index (κ2) is 95.2. The van der Waals surface area contributed by atoms with Crippen LogP contribution in [0.1, 0.15) is 0 Å². The first-order valence-electron chi connectivity index (χ1n) is 30.6. The van der Waals surface area contributed by atoms with Crippen molar-refractivity contribution in [2.24, 2.45) is 0 Å². The van der Waals surface area contributed by atoms with Crippen molar-refractivity contribution in [2.75, 3.05) is 0 Å². The van der Waals surface area contributed by atoms with Crippen molar-refractivity contribution in [3.05, 3.63) is 13.3 Å². The van der Waals surface area contributed by atoms with E-state index in [-0.39, 0.29) is 0 Å². The molecular weight excluding hydrogens is 1480 g/mol. The van der Waals surface area contributed by atoms with Gasteiger partial charge >= 0.3 is 0 Å². The summed E-state index contributed by atoms with van der Waals surface area (Å²) in [7, 11) is 0. The van der Waals surface area contributed by atoms with Gasteiger partial charge in [0.05, 0.1) is 0 Å². The van der Waals surface area contributed by atoms with Crippen LogP contribution in [0, 0.1) is 730 Å². The molecule has 0 nitrogen and oxygen atoms in total. The topological polar surface area (TPSA) is 0 Å². The fourth-order valence-corrected chi connectivity index (χ4v) is 3.73. The summed E-state index contributed by atoms with van der Waals surface area (Å²) in [6.45, 7) is 3.32. The first-order valence-corrected chi connectivity index (χ1v) is 30.6. The van der Waals surface area contributed by atoms with E-state index in [9.17, 15) is 0 Å². The Hall–Kier alpha value is -26.8. The fraction of sp³-hybridized carbons (Fsp3) is 0. The molecule has 0 aromatic rings. The SMILES string of the molecule is [C]#CC#CC#CC#CC#CC#CC#CC#CC#CC#CC#CC#CC#CC#CC#CC#CC#CC#CC#CC#CC#CC#CC#CC#CC#CC#CC#CC#CC#CC#CC#CC#CC#CC#CC#CC#CC#CC#CC#CC#CC#CC#CC#CC#CC#CC#CC#CC#CC#CC#CC#CC#CC#CC#CC#CC#CC#CC#CC#CC#CC#C[CH2]. The van der Waals surface area contributed by atoms with E-state index in [1.54, 1.807) is 0 Å². The van der Waals surface area contributed by atoms with Crippen molar-refractivity contribution in [1.29, 1.82) is 0 Å². The van der Waals surface area contributed by atoms with Crippen molar-refractivity contribution in [3.8, 4) is 716 Å². The van der Waals surface area contributed by atoms with Gasteiger partial charge in [0.25, 0.3) is 0 Å². The molecule has 123 heavy (non-hydrogen) atoms. The van der Waals surface area contributed by atoms with Gasteiger partial charge in [-0.15, -0.1) is 0 Å². The van der Waals surface area contributed by atoms with Crippen LogP contribution < -0.4 is 0 Å². The summed E-state index contributed by atoms with van der Waals surface area (Å²) in [6.07, 6.45) is 6.59. The molecule has 0 rings (SSSR count). The Morgan fingerprint density at radius 3 is 0.146 bits per heavy atom. The van der Waals surface area contributed by atoms with Crippen molar-refractivity contribution < 1.29 is 0 Å². The molecule has 0 fully saturated rings. The van der Waals surface area contributed by atoms with Gasteiger partial charge in [-0.05, 0) is 47.4 Å². The zero-order valence-electron chi connectivity index (χ0n) is 61.7. The highest BCUT2D eigenvalue weighted by atomic mass is 13.7. The van der Waals surface area contributed by atoms with E-state index in [0.717, 1.165) is 0 Å². The maximum absolute atomic E-state index is 6.59. The van der Waals surface area contributed by atoms with Crippen molar-refractivity contribution in [1.82, 2.24) is 0 Å². The molecular formula is C123H2. The Bertz CT molecular complexity index is 8620. The Morgan fingerprint density at radius 1 is 0.0650 bits per heavy atom. The molecule has 0 bridgehead atoms. The Balaban J connectivity index is 4.65. The number of hydrogen-bond donors (Lipinski definition) is 0. The summed E-state index contributed by atoms with van der Waals surface area (Å²) in [5.74, 6) is 301. The van der Waals surface area contributed by atoms with Crippen molar-refractivity contribution >= 4 is 0 Å². The second-order valence-corrected chi connectivity index (χ2v) is 15.2. The minimum atomic E-state index is 1.87. The molecule has 0 aromatic carbocycles. The van der Waals surface area contributed by atoms with Gasteiger partial charge in [-0.3, -0.25) is 0 Å². The summed E-state index contributed by atoms with van der Waals surface area (Å²) < 4.78 is 0. The van der Waals surface area contributed by atoms with E-state index in [1.807, 2.05) is 5.92 Å². The lowest BCUT2D eigenvalue weighted by atomic mass is 10.4. The Kier molecular flexibility index (Phi) is 74.4. The molecule has 0 heteroatoms. The molecule has 0 aromatic heterocycles. The van der Waals surface area contributed by atoms with Crippen LogP contribution in [0.2, 0.25) is 0 Å². The monoisotopic (exact) mass is 1480 g/mol. The maximum Gasteiger partial charge on any atom is 0.0209 e. The van der Waals surface area contributed by atoms with E-state index < -0.39 is 0 Å². The van der Waals surface area contributed by atoms with Gasteiger partial charge in [-0.25, -0.2) is 0 Å². The van der Waals surface area contributed by atoms with Crippen LogP contribution in [-0.2, 0) is 0 Å². The Morgan fingerprint density at radius 2 is 0.106 bits per heavy atom. The molecule has 0 spiro atoms. The predicted molar refractivity (Wildman–Crippen MR) is 479 cm³/mol. The van der Waals surface area contributed by atoms with Crippen molar-refractivity contribution in [2.45, 2.75) is 0 Å². The van der Waals surface area contributed by atoms with E-state index >= 15 is 0 Å². The largest absolute Gasteiger partial charge is 0.0881 e. The van der Waals surface area contributed by atoms with Gasteiger partial charge in [-0.2, -0.15) is 0 Å². The van der Waals surface area contributed by atoms with Gasteiger partial charge < -0.3 is 0 Å². The van der Waals surface area contributed by atoms with Crippen LogP contribution in [0.25, 0.3) is 0 Å². The highest BCUT2D eigenvalue weighted by molar-refractivity contribution is 5.58. The average molecular weight is 1480 g/mol. The predicted octanol–water partition coefficient (Wildman–Crippen LogP) is 0.614. The minimum absolute atomic E-state index is 1.87. The molecule has 494 valence electrons. The molecule has 0 saturated carbocycles. The summed E-state index contributed by atoms with van der Waals surface area (Å²) in [5, 5.41) is 0. The summed E-state index contributed by atoms with van der Waals surface area (Å²) in [4.78, 5) is 0. The quantitative estimate of drug-likeness (QED) is 0.313. The lowest BCUT2D eigenvalue weighted by molar-refractivity contribution is 2.31. The van der Waals surface area contributed by atoms with Crippen LogP contribution in [0.5, 0.6) is 0 Å². The molecule has 0 aliphatic carbocycles. The highest BCUT2D eigenvalue weighted by Crippen LogP contribution is 1.70. The summed E-state index contributed by atoms with van der Waals surface area (Å²) >= 11 is 0. The zero-order valence-corrected chi connectivity index (χ0v) is 61.7. The van der Waals surface area contributed by atoms with Crippen LogP contribution >= 0.6 is 0 Å². The molecule has 0 unspecified atom stereocenters. The van der Waals surface area contributed by atoms with Gasteiger partial charge in [-0.1, -0.05) is 5.92 Å². The molecule has 0 N–H and O–H groups in total. The first-order chi connectivity index (χ1) is 61.4. The molecule has 0 heterocycles. The van der Waals surface area contributed by atoms with Crippen molar-refractivity contribution in [3.63, 3.8) is 0 Å². The van der Waals surface area contributed by atoms with Crippen LogP contribution in [0.3, 0.4) is 0 Å². The number of hydrogen-bond acceptors (Lipinski definition) is 0. The fourth-order valence-electron chi connectivity index (χ4n) is 3.73. The summed E-state index contributed by atoms with van der Waals surface area (Å²) in [5.41, 5.74) is 0. The van der Waals surface area contributed by atoms with E-state index in [1.165, 1.54) is 0 Å². The molecule has 0 aliphatic heterocycles. The lowest BCUT2D eigenvalue weighted by Crippen LogP contribution is -1.57. The summed E-state index contributed by atoms with van der Waals surface area (Å²) in [6, 6.07) is 0. The highest BCUT2D eigenvalue weighted by Gasteiger charge is 1.69. The van der Waals surface area contributed by atoms with Gasteiger partial charge in [0.2, 0.25) is 0 Å². The number of rotatable bonds is 0. The third kappa shape index (κ3) is 95.2. The smallest absolute Gasteiger partial charge is 0.0209 e. The van der Waals surface area contributed by atoms with Gasteiger partial charge in [0, 0.05) is 676 Å². The van der Waals surface area contributed by atoms with Crippen LogP contribution in [0.15, 0.2) is 0 Å².